The fourth-order valence-corrected chi connectivity index (χ4v) is 3.19. The molecule has 1 N–H and O–H groups in total. The van der Waals surface area contributed by atoms with Crippen LogP contribution in [0.25, 0.3) is 11.0 Å². The molecule has 0 saturated carbocycles. The molecule has 0 aliphatic carbocycles. The van der Waals surface area contributed by atoms with E-state index in [-0.39, 0.29) is 16.8 Å². The van der Waals surface area contributed by atoms with Crippen molar-refractivity contribution in [3.63, 3.8) is 0 Å². The zero-order chi connectivity index (χ0) is 22.0. The van der Waals surface area contributed by atoms with Crippen LogP contribution < -0.4 is 10.1 Å². The maximum atomic E-state index is 14.5. The van der Waals surface area contributed by atoms with E-state index in [9.17, 15) is 14.0 Å². The lowest BCUT2D eigenvalue weighted by molar-refractivity contribution is 0.102. The largest absolute Gasteiger partial charge is 0.480 e. The molecule has 1 amide bonds. The molecule has 0 unspecified atom stereocenters. The van der Waals surface area contributed by atoms with Gasteiger partial charge in [0.15, 0.2) is 5.78 Å². The molecule has 1 heterocycles. The highest BCUT2D eigenvalue weighted by Gasteiger charge is 2.17. The first-order valence-corrected chi connectivity index (χ1v) is 9.54. The van der Waals surface area contributed by atoms with Crippen molar-refractivity contribution in [3.8, 4) is 5.88 Å². The summed E-state index contributed by atoms with van der Waals surface area (Å²) >= 11 is 5.92. The Morgan fingerprint density at radius 1 is 1.00 bits per heavy atom. The Morgan fingerprint density at radius 2 is 1.84 bits per heavy atom. The number of benzene rings is 3. The number of rotatable bonds is 5. The predicted octanol–water partition coefficient (Wildman–Crippen LogP) is 4.91. The number of aromatic nitrogens is 2. The number of amides is 1. The molecular weight excluding hydrogens is 421 g/mol. The zero-order valence-corrected chi connectivity index (χ0v) is 17.0. The molecule has 0 aliphatic rings. The van der Waals surface area contributed by atoms with Gasteiger partial charge in [0, 0.05) is 21.8 Å². The lowest BCUT2D eigenvalue weighted by Gasteiger charge is -2.09. The van der Waals surface area contributed by atoms with Crippen molar-refractivity contribution in [2.45, 2.75) is 0 Å². The molecule has 0 aliphatic heterocycles. The van der Waals surface area contributed by atoms with Crippen LogP contribution in [0.15, 0.2) is 66.9 Å². The van der Waals surface area contributed by atoms with Gasteiger partial charge in [-0.2, -0.15) is 0 Å². The number of hydrogen-bond donors (Lipinski definition) is 1. The van der Waals surface area contributed by atoms with Crippen molar-refractivity contribution < 1.29 is 18.7 Å². The van der Waals surface area contributed by atoms with Crippen LogP contribution in [0.2, 0.25) is 5.02 Å². The van der Waals surface area contributed by atoms with Gasteiger partial charge in [0.05, 0.1) is 29.9 Å². The van der Waals surface area contributed by atoms with E-state index in [1.54, 1.807) is 30.3 Å². The van der Waals surface area contributed by atoms with Gasteiger partial charge < -0.3 is 10.1 Å². The summed E-state index contributed by atoms with van der Waals surface area (Å²) in [4.78, 5) is 33.8. The molecule has 0 saturated heterocycles. The molecule has 1 aromatic heterocycles. The fourth-order valence-electron chi connectivity index (χ4n) is 3.00. The third-order valence-electron chi connectivity index (χ3n) is 4.55. The molecule has 0 fully saturated rings. The molecule has 3 aromatic carbocycles. The molecule has 0 atom stereocenters. The van der Waals surface area contributed by atoms with E-state index >= 15 is 0 Å². The second kappa shape index (κ2) is 8.49. The van der Waals surface area contributed by atoms with E-state index < -0.39 is 17.5 Å². The number of anilines is 1. The Morgan fingerprint density at radius 3 is 2.61 bits per heavy atom. The number of methoxy groups -OCH3 is 1. The van der Waals surface area contributed by atoms with E-state index in [0.29, 0.717) is 27.5 Å². The van der Waals surface area contributed by atoms with E-state index in [4.69, 9.17) is 16.3 Å². The molecule has 8 heteroatoms. The molecule has 4 rings (SSSR count). The van der Waals surface area contributed by atoms with E-state index in [2.05, 4.69) is 15.3 Å². The van der Waals surface area contributed by atoms with Crippen LogP contribution in [-0.2, 0) is 0 Å². The van der Waals surface area contributed by atoms with Crippen molar-refractivity contribution in [2.75, 3.05) is 12.4 Å². The van der Waals surface area contributed by atoms with Gasteiger partial charge in [-0.25, -0.2) is 14.4 Å². The van der Waals surface area contributed by atoms with Crippen molar-refractivity contribution in [3.05, 3.63) is 94.4 Å². The summed E-state index contributed by atoms with van der Waals surface area (Å²) in [6.07, 6.45) is 1.47. The number of hydrogen-bond acceptors (Lipinski definition) is 5. The molecule has 6 nitrogen and oxygen atoms in total. The Balaban J connectivity index is 1.64. The average Bonchev–Trinajstić information content (AvgIpc) is 2.79. The summed E-state index contributed by atoms with van der Waals surface area (Å²) in [6, 6.07) is 14.9. The number of ketones is 1. The van der Waals surface area contributed by atoms with Gasteiger partial charge in [-0.1, -0.05) is 17.7 Å². The maximum Gasteiger partial charge on any atom is 0.255 e. The summed E-state index contributed by atoms with van der Waals surface area (Å²) in [6.45, 7) is 0. The first kappa shape index (κ1) is 20.4. The number of carbonyl (C=O) groups is 2. The third-order valence-corrected chi connectivity index (χ3v) is 4.78. The van der Waals surface area contributed by atoms with Crippen molar-refractivity contribution in [1.29, 1.82) is 0 Å². The second-order valence-electron chi connectivity index (χ2n) is 6.60. The number of ether oxygens (including phenoxy) is 1. The lowest BCUT2D eigenvalue weighted by atomic mass is 10.0. The Hall–Kier alpha value is -3.84. The van der Waals surface area contributed by atoms with Crippen LogP contribution in [0.4, 0.5) is 10.1 Å². The average molecular weight is 436 g/mol. The fraction of sp³-hybridized carbons (Fsp3) is 0.0435. The summed E-state index contributed by atoms with van der Waals surface area (Å²) in [5, 5.41) is 3.06. The second-order valence-corrected chi connectivity index (χ2v) is 7.04. The lowest BCUT2D eigenvalue weighted by Crippen LogP contribution is -2.13. The van der Waals surface area contributed by atoms with Crippen LogP contribution >= 0.6 is 11.6 Å². The van der Waals surface area contributed by atoms with Crippen LogP contribution in [0, 0.1) is 5.82 Å². The van der Waals surface area contributed by atoms with Gasteiger partial charge in [-0.05, 0) is 54.6 Å². The predicted molar refractivity (Wildman–Crippen MR) is 115 cm³/mol. The quantitative estimate of drug-likeness (QED) is 0.450. The minimum Gasteiger partial charge on any atom is -0.480 e. The van der Waals surface area contributed by atoms with Gasteiger partial charge in [-0.15, -0.1) is 0 Å². The van der Waals surface area contributed by atoms with E-state index in [1.807, 2.05) is 0 Å². The normalized spacial score (nSPS) is 10.7. The number of nitrogens with zero attached hydrogens (tertiary/aromatic N) is 2. The number of halogens is 2. The summed E-state index contributed by atoms with van der Waals surface area (Å²) in [7, 11) is 1.46. The van der Waals surface area contributed by atoms with Gasteiger partial charge in [-0.3, -0.25) is 9.59 Å². The minimum absolute atomic E-state index is 0.181. The Bertz CT molecular complexity index is 1330. The third kappa shape index (κ3) is 4.36. The van der Waals surface area contributed by atoms with Crippen LogP contribution in [-0.4, -0.2) is 28.8 Å². The van der Waals surface area contributed by atoms with E-state index in [0.717, 1.165) is 6.07 Å². The smallest absolute Gasteiger partial charge is 0.255 e. The molecule has 31 heavy (non-hydrogen) atoms. The number of carbonyl (C=O) groups excluding carboxylic acids is 2. The highest BCUT2D eigenvalue weighted by Crippen LogP contribution is 2.22. The minimum atomic E-state index is -0.706. The van der Waals surface area contributed by atoms with Gasteiger partial charge in [0.1, 0.15) is 5.82 Å². The van der Waals surface area contributed by atoms with Gasteiger partial charge >= 0.3 is 0 Å². The molecule has 0 bridgehead atoms. The number of fused-ring (bicyclic) bond motifs is 1. The van der Waals surface area contributed by atoms with Crippen LogP contribution in [0.1, 0.15) is 26.3 Å². The Labute approximate surface area is 181 Å². The summed E-state index contributed by atoms with van der Waals surface area (Å²) in [5.41, 5.74) is 1.67. The molecule has 4 aromatic rings. The Kier molecular flexibility index (Phi) is 5.60. The van der Waals surface area contributed by atoms with E-state index in [1.165, 1.54) is 37.6 Å². The number of nitrogens with one attached hydrogen (secondary N) is 1. The van der Waals surface area contributed by atoms with Crippen molar-refractivity contribution in [2.24, 2.45) is 0 Å². The summed E-state index contributed by atoms with van der Waals surface area (Å²) < 4.78 is 19.5. The van der Waals surface area contributed by atoms with Crippen LogP contribution in [0.3, 0.4) is 0 Å². The zero-order valence-electron chi connectivity index (χ0n) is 16.2. The van der Waals surface area contributed by atoms with Gasteiger partial charge in [0.25, 0.3) is 5.91 Å². The highest BCUT2D eigenvalue weighted by molar-refractivity contribution is 6.31. The molecule has 0 spiro atoms. The molecular formula is C23H15ClFN3O3. The standard InChI is InChI=1S/C23H15ClFN3O3/c1-31-21-12-26-19-8-5-13(10-20(19)28-21)22(29)17-11-16(6-7-18(17)25)27-23(30)14-3-2-4-15(24)9-14/h2-12H,1H3,(H,27,30). The van der Waals surface area contributed by atoms with Crippen molar-refractivity contribution >= 4 is 40.0 Å². The van der Waals surface area contributed by atoms with Gasteiger partial charge in [0.2, 0.25) is 5.88 Å². The first-order valence-electron chi connectivity index (χ1n) is 9.16. The SMILES string of the molecule is COc1cnc2ccc(C(=O)c3cc(NC(=O)c4cccc(Cl)c4)ccc3F)cc2n1. The maximum absolute atomic E-state index is 14.5. The first-order chi connectivity index (χ1) is 14.9. The summed E-state index contributed by atoms with van der Waals surface area (Å²) in [5.74, 6) is -1.39. The molecule has 154 valence electrons. The highest BCUT2D eigenvalue weighted by atomic mass is 35.5. The van der Waals surface area contributed by atoms with Crippen LogP contribution in [0.5, 0.6) is 5.88 Å². The topological polar surface area (TPSA) is 81.2 Å². The molecule has 0 radical (unpaired) electrons. The monoisotopic (exact) mass is 435 g/mol. The van der Waals surface area contributed by atoms with Crippen molar-refractivity contribution in [1.82, 2.24) is 9.97 Å².